The van der Waals surface area contributed by atoms with Gasteiger partial charge in [0.05, 0.1) is 11.9 Å². The summed E-state index contributed by atoms with van der Waals surface area (Å²) in [6.07, 6.45) is 1.52. The molecule has 0 atom stereocenters. The average Bonchev–Trinajstić information content (AvgIpc) is 2.28. The van der Waals surface area contributed by atoms with Gasteiger partial charge < -0.3 is 10.5 Å². The van der Waals surface area contributed by atoms with Gasteiger partial charge in [0.15, 0.2) is 0 Å². The predicted molar refractivity (Wildman–Crippen MR) is 69.6 cm³/mol. The molecular weight excluding hydrogens is 236 g/mol. The summed E-state index contributed by atoms with van der Waals surface area (Å²) in [5, 5.41) is 0.408. The number of rotatable bonds is 2. The molecule has 2 rings (SSSR count). The first-order valence-electron chi connectivity index (χ1n) is 5.23. The van der Waals surface area contributed by atoms with Crippen molar-refractivity contribution in [3.63, 3.8) is 0 Å². The highest BCUT2D eigenvalue weighted by atomic mass is 35.5. The van der Waals surface area contributed by atoms with Crippen molar-refractivity contribution in [2.24, 2.45) is 0 Å². The second kappa shape index (κ2) is 4.63. The van der Waals surface area contributed by atoms with Gasteiger partial charge in [-0.3, -0.25) is 0 Å². The SMILES string of the molecule is Cc1cccc(Oc2ncc(N)cc2Cl)c1C. The Hall–Kier alpha value is -1.74. The molecule has 0 aliphatic carbocycles. The number of pyridine rings is 1. The first-order chi connectivity index (χ1) is 8.08. The fraction of sp³-hybridized carbons (Fsp3) is 0.154. The Labute approximate surface area is 105 Å². The fourth-order valence-corrected chi connectivity index (χ4v) is 1.67. The zero-order chi connectivity index (χ0) is 12.4. The molecule has 0 fully saturated rings. The molecular formula is C13H13ClN2O. The lowest BCUT2D eigenvalue weighted by Crippen LogP contribution is -1.94. The summed E-state index contributed by atoms with van der Waals surface area (Å²) in [5.41, 5.74) is 8.32. The number of ether oxygens (including phenoxy) is 1. The molecule has 3 nitrogen and oxygen atoms in total. The molecule has 0 radical (unpaired) electrons. The maximum Gasteiger partial charge on any atom is 0.238 e. The van der Waals surface area contributed by atoms with Gasteiger partial charge in [0.25, 0.3) is 0 Å². The molecule has 0 aliphatic heterocycles. The van der Waals surface area contributed by atoms with Crippen molar-refractivity contribution in [3.8, 4) is 11.6 Å². The first kappa shape index (κ1) is 11.7. The van der Waals surface area contributed by atoms with Crippen LogP contribution in [-0.2, 0) is 0 Å². The highest BCUT2D eigenvalue weighted by Gasteiger charge is 2.08. The van der Waals surface area contributed by atoms with Crippen LogP contribution in [0.2, 0.25) is 5.02 Å². The molecule has 0 amide bonds. The van der Waals surface area contributed by atoms with Gasteiger partial charge in [-0.15, -0.1) is 0 Å². The van der Waals surface area contributed by atoms with Crippen LogP contribution in [0.15, 0.2) is 30.5 Å². The normalized spacial score (nSPS) is 10.3. The zero-order valence-corrected chi connectivity index (χ0v) is 10.5. The van der Waals surface area contributed by atoms with Crippen LogP contribution in [-0.4, -0.2) is 4.98 Å². The third kappa shape index (κ3) is 2.50. The Kier molecular flexibility index (Phi) is 3.20. The summed E-state index contributed by atoms with van der Waals surface area (Å²) < 4.78 is 5.68. The first-order valence-corrected chi connectivity index (χ1v) is 5.61. The van der Waals surface area contributed by atoms with E-state index in [1.165, 1.54) is 6.20 Å². The van der Waals surface area contributed by atoms with Crippen LogP contribution in [0, 0.1) is 13.8 Å². The van der Waals surface area contributed by atoms with Crippen molar-refractivity contribution >= 4 is 17.3 Å². The number of hydrogen-bond acceptors (Lipinski definition) is 3. The van der Waals surface area contributed by atoms with Crippen molar-refractivity contribution in [3.05, 3.63) is 46.6 Å². The summed E-state index contributed by atoms with van der Waals surface area (Å²) in [6, 6.07) is 7.47. The molecule has 0 saturated heterocycles. The number of hydrogen-bond donors (Lipinski definition) is 1. The van der Waals surface area contributed by atoms with Crippen molar-refractivity contribution in [2.75, 3.05) is 5.73 Å². The van der Waals surface area contributed by atoms with E-state index in [0.29, 0.717) is 16.6 Å². The quantitative estimate of drug-likeness (QED) is 0.881. The Morgan fingerprint density at radius 2 is 2.06 bits per heavy atom. The molecule has 1 aromatic carbocycles. The van der Waals surface area contributed by atoms with E-state index >= 15 is 0 Å². The second-order valence-electron chi connectivity index (χ2n) is 3.86. The summed E-state index contributed by atoms with van der Waals surface area (Å²) >= 11 is 6.00. The van der Waals surface area contributed by atoms with E-state index in [-0.39, 0.29) is 0 Å². The average molecular weight is 249 g/mol. The molecule has 1 heterocycles. The van der Waals surface area contributed by atoms with Crippen molar-refractivity contribution < 1.29 is 4.74 Å². The minimum absolute atomic E-state index is 0.370. The molecule has 0 saturated carbocycles. The molecule has 0 aliphatic rings. The molecule has 1 aromatic heterocycles. The summed E-state index contributed by atoms with van der Waals surface area (Å²) in [4.78, 5) is 4.06. The Morgan fingerprint density at radius 3 is 2.76 bits per heavy atom. The molecule has 0 unspecified atom stereocenters. The molecule has 2 N–H and O–H groups in total. The van der Waals surface area contributed by atoms with E-state index in [4.69, 9.17) is 22.1 Å². The van der Waals surface area contributed by atoms with Gasteiger partial charge in [-0.05, 0) is 37.1 Å². The van der Waals surface area contributed by atoms with Gasteiger partial charge in [-0.25, -0.2) is 4.98 Å². The maximum absolute atomic E-state index is 6.00. The lowest BCUT2D eigenvalue weighted by Gasteiger charge is -2.10. The summed E-state index contributed by atoms with van der Waals surface area (Å²) in [7, 11) is 0. The largest absolute Gasteiger partial charge is 0.437 e. The monoisotopic (exact) mass is 248 g/mol. The molecule has 4 heteroatoms. The number of anilines is 1. The van der Waals surface area contributed by atoms with Gasteiger partial charge in [0.2, 0.25) is 5.88 Å². The molecule has 2 aromatic rings. The minimum atomic E-state index is 0.370. The van der Waals surface area contributed by atoms with E-state index in [9.17, 15) is 0 Å². The van der Waals surface area contributed by atoms with Crippen molar-refractivity contribution in [1.29, 1.82) is 0 Å². The minimum Gasteiger partial charge on any atom is -0.437 e. The predicted octanol–water partition coefficient (Wildman–Crippen LogP) is 3.73. The second-order valence-corrected chi connectivity index (χ2v) is 4.26. The van der Waals surface area contributed by atoms with Crippen molar-refractivity contribution in [1.82, 2.24) is 4.98 Å². The third-order valence-corrected chi connectivity index (χ3v) is 2.86. The standard InChI is InChI=1S/C13H13ClN2O/c1-8-4-3-5-12(9(8)2)17-13-11(14)6-10(15)7-16-13/h3-7H,15H2,1-2H3. The Balaban J connectivity index is 2.35. The highest BCUT2D eigenvalue weighted by Crippen LogP contribution is 2.30. The van der Waals surface area contributed by atoms with E-state index in [1.807, 2.05) is 32.0 Å². The van der Waals surface area contributed by atoms with E-state index < -0.39 is 0 Å². The number of nitrogen functional groups attached to an aromatic ring is 1. The van der Waals surface area contributed by atoms with E-state index in [2.05, 4.69) is 4.98 Å². The topological polar surface area (TPSA) is 48.1 Å². The van der Waals surface area contributed by atoms with Crippen molar-refractivity contribution in [2.45, 2.75) is 13.8 Å². The van der Waals surface area contributed by atoms with Crippen LogP contribution >= 0.6 is 11.6 Å². The summed E-state index contributed by atoms with van der Waals surface area (Å²) in [6.45, 7) is 4.02. The van der Waals surface area contributed by atoms with Crippen LogP contribution in [0.4, 0.5) is 5.69 Å². The fourth-order valence-electron chi connectivity index (χ4n) is 1.45. The number of aryl methyl sites for hydroxylation is 1. The smallest absolute Gasteiger partial charge is 0.238 e. The van der Waals surface area contributed by atoms with Gasteiger partial charge in [-0.1, -0.05) is 23.7 Å². The molecule has 0 spiro atoms. The Morgan fingerprint density at radius 1 is 1.29 bits per heavy atom. The number of nitrogens with two attached hydrogens (primary N) is 1. The summed E-state index contributed by atoms with van der Waals surface area (Å²) in [5.74, 6) is 1.12. The van der Waals surface area contributed by atoms with Crippen LogP contribution in [0.3, 0.4) is 0 Å². The van der Waals surface area contributed by atoms with E-state index in [1.54, 1.807) is 6.07 Å². The van der Waals surface area contributed by atoms with Crippen LogP contribution in [0.25, 0.3) is 0 Å². The maximum atomic E-state index is 6.00. The lowest BCUT2D eigenvalue weighted by molar-refractivity contribution is 0.459. The molecule has 0 bridgehead atoms. The Bertz CT molecular complexity index is 555. The number of aromatic nitrogens is 1. The number of nitrogens with zero attached hydrogens (tertiary/aromatic N) is 1. The number of halogens is 1. The highest BCUT2D eigenvalue weighted by molar-refractivity contribution is 6.32. The molecule has 17 heavy (non-hydrogen) atoms. The van der Waals surface area contributed by atoms with Gasteiger partial charge in [0.1, 0.15) is 10.8 Å². The van der Waals surface area contributed by atoms with Crippen LogP contribution in [0.1, 0.15) is 11.1 Å². The lowest BCUT2D eigenvalue weighted by atomic mass is 10.1. The molecule has 88 valence electrons. The van der Waals surface area contributed by atoms with E-state index in [0.717, 1.165) is 16.9 Å². The van der Waals surface area contributed by atoms with Crippen LogP contribution < -0.4 is 10.5 Å². The van der Waals surface area contributed by atoms with Gasteiger partial charge >= 0.3 is 0 Å². The van der Waals surface area contributed by atoms with Gasteiger partial charge in [-0.2, -0.15) is 0 Å². The third-order valence-electron chi connectivity index (χ3n) is 2.59. The van der Waals surface area contributed by atoms with Gasteiger partial charge in [0, 0.05) is 0 Å². The number of benzene rings is 1. The zero-order valence-electron chi connectivity index (χ0n) is 9.70. The van der Waals surface area contributed by atoms with Crippen LogP contribution in [0.5, 0.6) is 11.6 Å².